The Bertz CT molecular complexity index is 276. The molecule has 0 bridgehead atoms. The fourth-order valence-corrected chi connectivity index (χ4v) is 2.28. The molecule has 0 amide bonds. The van der Waals surface area contributed by atoms with E-state index in [-0.39, 0.29) is 0 Å². The first-order valence-electron chi connectivity index (χ1n) is 9.10. The van der Waals surface area contributed by atoms with Gasteiger partial charge in [0.1, 0.15) is 0 Å². The van der Waals surface area contributed by atoms with Crippen molar-refractivity contribution in [2.24, 2.45) is 0 Å². The molecule has 130 valence electrons. The zero-order valence-corrected chi connectivity index (χ0v) is 14.5. The van der Waals surface area contributed by atoms with Crippen LogP contribution in [0.3, 0.4) is 0 Å². The van der Waals surface area contributed by atoms with E-state index in [1.165, 1.54) is 38.5 Å². The molecule has 0 spiro atoms. The maximum atomic E-state index is 11.4. The van der Waals surface area contributed by atoms with Crippen molar-refractivity contribution in [1.82, 2.24) is 0 Å². The van der Waals surface area contributed by atoms with Gasteiger partial charge in [0.25, 0.3) is 0 Å². The molecule has 0 aliphatic heterocycles. The minimum atomic E-state index is -0.450. The van der Waals surface area contributed by atoms with E-state index < -0.39 is 11.9 Å². The van der Waals surface area contributed by atoms with Gasteiger partial charge in [-0.1, -0.05) is 78.1 Å². The summed E-state index contributed by atoms with van der Waals surface area (Å²) in [4.78, 5) is 31.6. The second-order valence-corrected chi connectivity index (χ2v) is 5.95. The van der Waals surface area contributed by atoms with E-state index in [0.29, 0.717) is 12.8 Å². The molecule has 0 aromatic carbocycles. The molecule has 0 aromatic rings. The summed E-state index contributed by atoms with van der Waals surface area (Å²) < 4.78 is 0. The average molecular weight is 314 g/mol. The molecule has 0 rings (SSSR count). The van der Waals surface area contributed by atoms with Crippen LogP contribution in [0.4, 0.5) is 0 Å². The Kier molecular flexibility index (Phi) is 15.5. The van der Waals surface area contributed by atoms with Gasteiger partial charge in [-0.15, -0.1) is 0 Å². The Morgan fingerprint density at radius 3 is 1.32 bits per heavy atom. The molecule has 0 aliphatic rings. The van der Waals surface area contributed by atoms with Gasteiger partial charge in [0, 0.05) is 0 Å². The zero-order valence-electron chi connectivity index (χ0n) is 14.5. The normalized spacial score (nSPS) is 10.5. The van der Waals surface area contributed by atoms with Gasteiger partial charge in [-0.05, 0) is 12.8 Å². The van der Waals surface area contributed by atoms with E-state index in [9.17, 15) is 9.59 Å². The Hall–Kier alpha value is -1.06. The summed E-state index contributed by atoms with van der Waals surface area (Å²) in [6.45, 7) is 4.29. The molecular formula is C18H34O4. The fraction of sp³-hybridized carbons (Fsp3) is 0.889. The third-order valence-corrected chi connectivity index (χ3v) is 3.70. The summed E-state index contributed by atoms with van der Waals surface area (Å²) in [6.07, 6.45) is 14.3. The first-order chi connectivity index (χ1) is 10.7. The van der Waals surface area contributed by atoms with Crippen molar-refractivity contribution in [1.29, 1.82) is 0 Å². The van der Waals surface area contributed by atoms with E-state index in [1.54, 1.807) is 0 Å². The van der Waals surface area contributed by atoms with Crippen LogP contribution < -0.4 is 0 Å². The standard InChI is InChI=1S/C18H34O4/c1-3-5-7-8-9-10-11-12-14-16-18(20)22-21-17(19)15-13-6-4-2/h3-16H2,1-2H3. The Labute approximate surface area is 135 Å². The Balaban J connectivity index is 3.30. The maximum absolute atomic E-state index is 11.4. The Morgan fingerprint density at radius 1 is 0.545 bits per heavy atom. The third-order valence-electron chi connectivity index (χ3n) is 3.70. The predicted octanol–water partition coefficient (Wildman–Crippen LogP) is 5.49. The van der Waals surface area contributed by atoms with E-state index >= 15 is 0 Å². The van der Waals surface area contributed by atoms with Crippen LogP contribution in [0.5, 0.6) is 0 Å². The lowest BCUT2D eigenvalue weighted by Gasteiger charge is -2.03. The second kappa shape index (κ2) is 16.3. The van der Waals surface area contributed by atoms with Gasteiger partial charge >= 0.3 is 11.9 Å². The molecule has 0 aliphatic carbocycles. The van der Waals surface area contributed by atoms with Crippen molar-refractivity contribution in [2.45, 2.75) is 104 Å². The van der Waals surface area contributed by atoms with Gasteiger partial charge in [-0.3, -0.25) is 0 Å². The molecule has 0 saturated carbocycles. The molecule has 0 unspecified atom stereocenters. The van der Waals surface area contributed by atoms with Gasteiger partial charge < -0.3 is 0 Å². The highest BCUT2D eigenvalue weighted by Gasteiger charge is 2.09. The van der Waals surface area contributed by atoms with Gasteiger partial charge in [-0.25, -0.2) is 19.4 Å². The summed E-state index contributed by atoms with van der Waals surface area (Å²) in [5.74, 6) is -0.888. The van der Waals surface area contributed by atoms with Crippen molar-refractivity contribution in [2.75, 3.05) is 0 Å². The van der Waals surface area contributed by atoms with Crippen LogP contribution in [0.1, 0.15) is 104 Å². The lowest BCUT2D eigenvalue weighted by atomic mass is 10.1. The molecule has 4 heteroatoms. The molecular weight excluding hydrogens is 280 g/mol. The second-order valence-electron chi connectivity index (χ2n) is 5.95. The first kappa shape index (κ1) is 20.9. The van der Waals surface area contributed by atoms with Crippen molar-refractivity contribution >= 4 is 11.9 Å². The summed E-state index contributed by atoms with van der Waals surface area (Å²) in [5.41, 5.74) is 0. The summed E-state index contributed by atoms with van der Waals surface area (Å²) >= 11 is 0. The van der Waals surface area contributed by atoms with Gasteiger partial charge in [0.15, 0.2) is 0 Å². The summed E-state index contributed by atoms with van der Waals surface area (Å²) in [7, 11) is 0. The van der Waals surface area contributed by atoms with E-state index in [2.05, 4.69) is 23.6 Å². The van der Waals surface area contributed by atoms with E-state index in [4.69, 9.17) is 0 Å². The lowest BCUT2D eigenvalue weighted by molar-refractivity contribution is -0.259. The van der Waals surface area contributed by atoms with Crippen LogP contribution in [0.15, 0.2) is 0 Å². The molecule has 0 atom stereocenters. The largest absolute Gasteiger partial charge is 0.355 e. The number of unbranched alkanes of at least 4 members (excludes halogenated alkanes) is 10. The van der Waals surface area contributed by atoms with Crippen molar-refractivity contribution in [3.63, 3.8) is 0 Å². The van der Waals surface area contributed by atoms with Crippen molar-refractivity contribution < 1.29 is 19.4 Å². The molecule has 0 heterocycles. The summed E-state index contributed by atoms with van der Waals surface area (Å²) in [6, 6.07) is 0. The van der Waals surface area contributed by atoms with Crippen LogP contribution in [-0.4, -0.2) is 11.9 Å². The molecule has 4 nitrogen and oxygen atoms in total. The number of hydrogen-bond acceptors (Lipinski definition) is 4. The highest BCUT2D eigenvalue weighted by atomic mass is 17.2. The molecule has 0 radical (unpaired) electrons. The minimum Gasteiger partial charge on any atom is -0.247 e. The quantitative estimate of drug-likeness (QED) is 0.242. The molecule has 0 saturated heterocycles. The first-order valence-corrected chi connectivity index (χ1v) is 9.10. The SMILES string of the molecule is CCCCCCCCCCCC(=O)OOC(=O)CCCCC. The van der Waals surface area contributed by atoms with Gasteiger partial charge in [0.2, 0.25) is 0 Å². The molecule has 0 aromatic heterocycles. The van der Waals surface area contributed by atoms with Crippen molar-refractivity contribution in [3.8, 4) is 0 Å². The Morgan fingerprint density at radius 2 is 0.864 bits per heavy atom. The highest BCUT2D eigenvalue weighted by molar-refractivity contribution is 5.72. The van der Waals surface area contributed by atoms with Crippen molar-refractivity contribution in [3.05, 3.63) is 0 Å². The van der Waals surface area contributed by atoms with Crippen LogP contribution in [-0.2, 0) is 19.4 Å². The zero-order chi connectivity index (χ0) is 16.5. The fourth-order valence-electron chi connectivity index (χ4n) is 2.28. The third kappa shape index (κ3) is 15.3. The van der Waals surface area contributed by atoms with Crippen LogP contribution in [0.25, 0.3) is 0 Å². The van der Waals surface area contributed by atoms with E-state index in [0.717, 1.165) is 38.5 Å². The van der Waals surface area contributed by atoms with Gasteiger partial charge in [-0.2, -0.15) is 0 Å². The molecule has 22 heavy (non-hydrogen) atoms. The predicted molar refractivity (Wildman–Crippen MR) is 88.2 cm³/mol. The van der Waals surface area contributed by atoms with Crippen LogP contribution in [0, 0.1) is 0 Å². The van der Waals surface area contributed by atoms with Crippen LogP contribution in [0.2, 0.25) is 0 Å². The molecule has 0 fully saturated rings. The lowest BCUT2D eigenvalue weighted by Crippen LogP contribution is -2.11. The van der Waals surface area contributed by atoms with E-state index in [1.807, 2.05) is 0 Å². The number of carbonyl (C=O) groups is 2. The monoisotopic (exact) mass is 314 g/mol. The number of rotatable bonds is 14. The number of carbonyl (C=O) groups excluding carboxylic acids is 2. The minimum absolute atomic E-state index is 0.319. The number of hydrogen-bond donors (Lipinski definition) is 0. The van der Waals surface area contributed by atoms with Gasteiger partial charge in [0.05, 0.1) is 12.8 Å². The highest BCUT2D eigenvalue weighted by Crippen LogP contribution is 2.11. The smallest absolute Gasteiger partial charge is 0.247 e. The summed E-state index contributed by atoms with van der Waals surface area (Å²) in [5, 5.41) is 0. The topological polar surface area (TPSA) is 52.6 Å². The average Bonchev–Trinajstić information content (AvgIpc) is 2.51. The van der Waals surface area contributed by atoms with Crippen LogP contribution >= 0.6 is 0 Å². The maximum Gasteiger partial charge on any atom is 0.355 e. The molecule has 0 N–H and O–H groups in total.